The molecular formula is C21H26N8O4. The second-order valence-electron chi connectivity index (χ2n) is 7.65. The topological polar surface area (TPSA) is 156 Å². The van der Waals surface area contributed by atoms with Gasteiger partial charge in [0, 0.05) is 0 Å². The molecule has 2 aromatic heterocycles. The molecule has 3 N–H and O–H groups in total. The van der Waals surface area contributed by atoms with Crippen LogP contribution in [0.2, 0.25) is 0 Å². The summed E-state index contributed by atoms with van der Waals surface area (Å²) in [5, 5.41) is 19.3. The van der Waals surface area contributed by atoms with Crippen LogP contribution in [-0.4, -0.2) is 50.6 Å². The molecule has 12 nitrogen and oxygen atoms in total. The minimum Gasteiger partial charge on any atom is -0.493 e. The number of anilines is 1. The molecule has 1 saturated carbocycles. The molecule has 0 unspecified atom stereocenters. The second kappa shape index (κ2) is 10.1. The Morgan fingerprint density at radius 3 is 2.85 bits per heavy atom. The first-order valence-electron chi connectivity index (χ1n) is 10.8. The van der Waals surface area contributed by atoms with Crippen molar-refractivity contribution >= 4 is 17.9 Å². The van der Waals surface area contributed by atoms with Crippen LogP contribution in [0.15, 0.2) is 27.9 Å². The number of nitrogen functional groups attached to an aromatic ring is 1. The summed E-state index contributed by atoms with van der Waals surface area (Å²) in [4.78, 5) is 12.7. The number of aromatic nitrogens is 5. The van der Waals surface area contributed by atoms with Crippen molar-refractivity contribution in [2.75, 3.05) is 12.8 Å². The molecule has 1 amide bonds. The summed E-state index contributed by atoms with van der Waals surface area (Å²) in [6.07, 6.45) is 7.51. The van der Waals surface area contributed by atoms with Crippen molar-refractivity contribution < 1.29 is 18.9 Å². The minimum absolute atomic E-state index is 0.0523. The molecule has 2 heterocycles. The van der Waals surface area contributed by atoms with E-state index < -0.39 is 5.91 Å². The smallest absolute Gasteiger partial charge is 0.293 e. The Morgan fingerprint density at radius 2 is 2.15 bits per heavy atom. The molecule has 0 spiro atoms. The fraction of sp³-hybridized carbons (Fsp3) is 0.429. The maximum Gasteiger partial charge on any atom is 0.293 e. The Balaban J connectivity index is 1.46. The number of hydrogen-bond donors (Lipinski definition) is 2. The molecule has 1 fully saturated rings. The molecule has 0 atom stereocenters. The Hall–Kier alpha value is -3.96. The molecule has 12 heteroatoms. The van der Waals surface area contributed by atoms with Gasteiger partial charge in [0.2, 0.25) is 11.6 Å². The van der Waals surface area contributed by atoms with E-state index in [2.05, 4.69) is 35.8 Å². The highest BCUT2D eigenvalue weighted by molar-refractivity contribution is 5.94. The van der Waals surface area contributed by atoms with E-state index in [0.717, 1.165) is 24.8 Å². The number of benzene rings is 1. The first kappa shape index (κ1) is 22.2. The third kappa shape index (κ3) is 4.94. The van der Waals surface area contributed by atoms with Gasteiger partial charge in [-0.3, -0.25) is 4.79 Å². The zero-order valence-electron chi connectivity index (χ0n) is 18.5. The molecule has 0 saturated heterocycles. The van der Waals surface area contributed by atoms with Crippen LogP contribution in [0.4, 0.5) is 5.82 Å². The standard InChI is InChI=1S/C21H26N8O4/c1-3-6-15-18(24-28-29(15)20-19(22)26-33-27-20)21(30)25-23-12-13-9-10-16(17(11-13)31-2)32-14-7-4-5-8-14/h9-12,14H,3-8H2,1-2H3,(H2,22,26)(H,25,30)/b23-12+. The van der Waals surface area contributed by atoms with Gasteiger partial charge < -0.3 is 15.2 Å². The maximum absolute atomic E-state index is 12.7. The molecule has 1 aliphatic carbocycles. The van der Waals surface area contributed by atoms with Crippen LogP contribution in [0.25, 0.3) is 5.82 Å². The quantitative estimate of drug-likeness (QED) is 0.366. The van der Waals surface area contributed by atoms with Gasteiger partial charge in [-0.25, -0.2) is 10.1 Å². The van der Waals surface area contributed by atoms with E-state index in [-0.39, 0.29) is 23.4 Å². The van der Waals surface area contributed by atoms with Crippen LogP contribution < -0.4 is 20.6 Å². The summed E-state index contributed by atoms with van der Waals surface area (Å²) in [5.41, 5.74) is 9.62. The number of hydrazone groups is 1. The number of carbonyl (C=O) groups excluding carboxylic acids is 1. The van der Waals surface area contributed by atoms with Crippen molar-refractivity contribution in [2.24, 2.45) is 5.10 Å². The summed E-state index contributed by atoms with van der Waals surface area (Å²) < 4.78 is 17.5. The summed E-state index contributed by atoms with van der Waals surface area (Å²) >= 11 is 0. The van der Waals surface area contributed by atoms with Crippen LogP contribution >= 0.6 is 0 Å². The summed E-state index contributed by atoms with van der Waals surface area (Å²) in [7, 11) is 1.59. The van der Waals surface area contributed by atoms with E-state index in [0.29, 0.717) is 23.6 Å². The zero-order valence-corrected chi connectivity index (χ0v) is 18.5. The number of nitrogens with zero attached hydrogens (tertiary/aromatic N) is 6. The van der Waals surface area contributed by atoms with Gasteiger partial charge in [-0.15, -0.1) is 5.10 Å². The molecule has 4 rings (SSSR count). The lowest BCUT2D eigenvalue weighted by atomic mass is 10.2. The van der Waals surface area contributed by atoms with E-state index in [1.807, 2.05) is 19.1 Å². The molecule has 33 heavy (non-hydrogen) atoms. The average molecular weight is 454 g/mol. The van der Waals surface area contributed by atoms with E-state index >= 15 is 0 Å². The third-order valence-corrected chi connectivity index (χ3v) is 5.32. The predicted molar refractivity (Wildman–Crippen MR) is 119 cm³/mol. The van der Waals surface area contributed by atoms with Gasteiger partial charge in [-0.2, -0.15) is 9.78 Å². The van der Waals surface area contributed by atoms with Crippen molar-refractivity contribution in [1.82, 2.24) is 30.7 Å². The van der Waals surface area contributed by atoms with Gasteiger partial charge in [0.25, 0.3) is 5.91 Å². The van der Waals surface area contributed by atoms with Crippen LogP contribution in [0.1, 0.15) is 60.8 Å². The van der Waals surface area contributed by atoms with Crippen LogP contribution in [0.5, 0.6) is 11.5 Å². The number of carbonyl (C=O) groups is 1. The van der Waals surface area contributed by atoms with E-state index in [9.17, 15) is 4.79 Å². The van der Waals surface area contributed by atoms with Crippen LogP contribution in [0, 0.1) is 0 Å². The lowest BCUT2D eigenvalue weighted by Gasteiger charge is -2.16. The number of amides is 1. The normalized spacial score (nSPS) is 14.1. The Kier molecular flexibility index (Phi) is 6.81. The largest absolute Gasteiger partial charge is 0.493 e. The fourth-order valence-electron chi connectivity index (χ4n) is 3.71. The second-order valence-corrected chi connectivity index (χ2v) is 7.65. The summed E-state index contributed by atoms with van der Waals surface area (Å²) in [6.45, 7) is 1.97. The first-order valence-corrected chi connectivity index (χ1v) is 10.8. The predicted octanol–water partition coefficient (Wildman–Crippen LogP) is 2.28. The van der Waals surface area contributed by atoms with Gasteiger partial charge in [0.1, 0.15) is 0 Å². The van der Waals surface area contributed by atoms with Crippen LogP contribution in [0.3, 0.4) is 0 Å². The highest BCUT2D eigenvalue weighted by Crippen LogP contribution is 2.32. The Labute approximate surface area is 190 Å². The fourth-order valence-corrected chi connectivity index (χ4v) is 3.71. The lowest BCUT2D eigenvalue weighted by Crippen LogP contribution is -2.20. The minimum atomic E-state index is -0.510. The highest BCUT2D eigenvalue weighted by Gasteiger charge is 2.23. The van der Waals surface area contributed by atoms with Crippen molar-refractivity contribution in [3.63, 3.8) is 0 Å². The molecular weight excluding hydrogens is 428 g/mol. The van der Waals surface area contributed by atoms with E-state index in [4.69, 9.17) is 15.2 Å². The number of methoxy groups -OCH3 is 1. The molecule has 0 bridgehead atoms. The van der Waals surface area contributed by atoms with E-state index in [1.54, 1.807) is 13.2 Å². The average Bonchev–Trinajstić information content (AvgIpc) is 3.56. The number of nitrogens with one attached hydrogen (secondary N) is 1. The molecule has 1 aromatic carbocycles. The highest BCUT2D eigenvalue weighted by atomic mass is 16.6. The number of ether oxygens (including phenoxy) is 2. The van der Waals surface area contributed by atoms with Gasteiger partial charge in [-0.1, -0.05) is 18.6 Å². The van der Waals surface area contributed by atoms with Crippen molar-refractivity contribution in [3.8, 4) is 17.3 Å². The van der Waals surface area contributed by atoms with Crippen molar-refractivity contribution in [3.05, 3.63) is 35.2 Å². The SMILES string of the molecule is CCCc1c(C(=O)N/N=C/c2ccc(OC3CCCC3)c(OC)c2)nnn1-c1nonc1N. The molecule has 0 radical (unpaired) electrons. The molecule has 3 aromatic rings. The molecule has 174 valence electrons. The third-order valence-electron chi connectivity index (χ3n) is 5.32. The van der Waals surface area contributed by atoms with E-state index in [1.165, 1.54) is 23.7 Å². The molecule has 0 aliphatic heterocycles. The number of hydrogen-bond acceptors (Lipinski definition) is 10. The zero-order chi connectivity index (χ0) is 23.2. The lowest BCUT2D eigenvalue weighted by molar-refractivity contribution is 0.0949. The Bertz CT molecular complexity index is 1130. The molecule has 1 aliphatic rings. The van der Waals surface area contributed by atoms with Crippen LogP contribution in [-0.2, 0) is 6.42 Å². The summed E-state index contributed by atoms with van der Waals surface area (Å²) in [5.74, 6) is 1.04. The summed E-state index contributed by atoms with van der Waals surface area (Å²) in [6, 6.07) is 5.50. The van der Waals surface area contributed by atoms with Gasteiger partial charge in [0.05, 0.1) is 25.1 Å². The van der Waals surface area contributed by atoms with Crippen molar-refractivity contribution in [1.29, 1.82) is 0 Å². The number of rotatable bonds is 9. The first-order chi connectivity index (χ1) is 16.1. The monoisotopic (exact) mass is 454 g/mol. The van der Waals surface area contributed by atoms with Gasteiger partial charge >= 0.3 is 0 Å². The van der Waals surface area contributed by atoms with Gasteiger partial charge in [-0.05, 0) is 66.2 Å². The van der Waals surface area contributed by atoms with Gasteiger partial charge in [0.15, 0.2) is 17.2 Å². The maximum atomic E-state index is 12.7. The van der Waals surface area contributed by atoms with Crippen molar-refractivity contribution in [2.45, 2.75) is 51.6 Å². The number of nitrogens with two attached hydrogens (primary N) is 1. The Morgan fingerprint density at radius 1 is 1.33 bits per heavy atom.